The van der Waals surface area contributed by atoms with Crippen molar-refractivity contribution >= 4 is 16.9 Å². The number of fused-ring (bicyclic) bond motifs is 1. The van der Waals surface area contributed by atoms with Crippen molar-refractivity contribution in [3.8, 4) is 22.8 Å². The third kappa shape index (κ3) is 3.36. The van der Waals surface area contributed by atoms with Crippen LogP contribution >= 0.6 is 0 Å². The number of hydrogen-bond acceptors (Lipinski definition) is 5. The van der Waals surface area contributed by atoms with Crippen molar-refractivity contribution < 1.29 is 9.13 Å². The molecule has 2 heterocycles. The molecule has 1 saturated carbocycles. The molecule has 4 aromatic rings. The summed E-state index contributed by atoms with van der Waals surface area (Å²) in [7, 11) is 0. The smallest absolute Gasteiger partial charge is 0.165 e. The van der Waals surface area contributed by atoms with Gasteiger partial charge in [-0.2, -0.15) is 5.10 Å². The molecule has 30 heavy (non-hydrogen) atoms. The predicted molar refractivity (Wildman–Crippen MR) is 114 cm³/mol. The second-order valence-electron chi connectivity index (χ2n) is 7.60. The SMILES string of the molecule is Nc1ncnc2c1c(-c1ccc(Oc3ccccc3F)cc1)nn2C1CCCCC1. The van der Waals surface area contributed by atoms with Gasteiger partial charge in [-0.3, -0.25) is 0 Å². The molecule has 2 aromatic heterocycles. The summed E-state index contributed by atoms with van der Waals surface area (Å²) in [4.78, 5) is 8.67. The van der Waals surface area contributed by atoms with Crippen LogP contribution in [0.15, 0.2) is 54.9 Å². The lowest BCUT2D eigenvalue weighted by Crippen LogP contribution is -2.14. The van der Waals surface area contributed by atoms with E-state index in [2.05, 4.69) is 9.97 Å². The molecule has 0 amide bonds. The number of benzene rings is 2. The zero-order chi connectivity index (χ0) is 20.5. The Kier molecular flexibility index (Phi) is 4.78. The van der Waals surface area contributed by atoms with Gasteiger partial charge in [-0.25, -0.2) is 19.0 Å². The van der Waals surface area contributed by atoms with Crippen LogP contribution in [-0.4, -0.2) is 19.7 Å². The maximum atomic E-state index is 13.9. The molecule has 0 bridgehead atoms. The van der Waals surface area contributed by atoms with Crippen LogP contribution in [0, 0.1) is 5.82 Å². The van der Waals surface area contributed by atoms with E-state index < -0.39 is 5.82 Å². The van der Waals surface area contributed by atoms with Crippen molar-refractivity contribution in [2.45, 2.75) is 38.1 Å². The Labute approximate surface area is 173 Å². The van der Waals surface area contributed by atoms with Crippen LogP contribution in [0.4, 0.5) is 10.2 Å². The number of aromatic nitrogens is 4. The van der Waals surface area contributed by atoms with Gasteiger partial charge in [-0.15, -0.1) is 0 Å². The van der Waals surface area contributed by atoms with Crippen LogP contribution in [0.25, 0.3) is 22.3 Å². The fourth-order valence-corrected chi connectivity index (χ4v) is 4.11. The number of ether oxygens (including phenoxy) is 1. The summed E-state index contributed by atoms with van der Waals surface area (Å²) in [6, 6.07) is 14.1. The maximum Gasteiger partial charge on any atom is 0.165 e. The average molecular weight is 403 g/mol. The quantitative estimate of drug-likeness (QED) is 0.486. The van der Waals surface area contributed by atoms with E-state index in [-0.39, 0.29) is 5.75 Å². The highest BCUT2D eigenvalue weighted by atomic mass is 19.1. The first-order chi connectivity index (χ1) is 14.7. The lowest BCUT2D eigenvalue weighted by molar-refractivity contribution is 0.336. The minimum atomic E-state index is -0.399. The van der Waals surface area contributed by atoms with E-state index in [0.717, 1.165) is 35.1 Å². The highest BCUT2D eigenvalue weighted by molar-refractivity contribution is 5.98. The van der Waals surface area contributed by atoms with E-state index >= 15 is 0 Å². The molecule has 7 heteroatoms. The molecular weight excluding hydrogens is 381 g/mol. The molecule has 5 rings (SSSR count). The first-order valence-corrected chi connectivity index (χ1v) is 10.2. The normalized spacial score (nSPS) is 14.8. The van der Waals surface area contributed by atoms with Gasteiger partial charge in [0, 0.05) is 5.56 Å². The summed E-state index contributed by atoms with van der Waals surface area (Å²) in [5.74, 6) is 0.756. The number of nitrogens with zero attached hydrogens (tertiary/aromatic N) is 4. The van der Waals surface area contributed by atoms with Crippen LogP contribution in [0.2, 0.25) is 0 Å². The van der Waals surface area contributed by atoms with Crippen molar-refractivity contribution in [3.05, 3.63) is 60.7 Å². The van der Waals surface area contributed by atoms with Gasteiger partial charge in [0.1, 0.15) is 23.6 Å². The average Bonchev–Trinajstić information content (AvgIpc) is 3.18. The van der Waals surface area contributed by atoms with Crippen LogP contribution in [0.1, 0.15) is 38.1 Å². The standard InChI is InChI=1S/C23H22FN5O/c24-18-8-4-5-9-19(18)30-17-12-10-15(11-13-17)21-20-22(25)26-14-27-23(20)29(28-21)16-6-2-1-3-7-16/h4-5,8-14,16H,1-3,6-7H2,(H2,25,26,27). The number of para-hydroxylation sites is 1. The molecule has 1 fully saturated rings. The molecule has 6 nitrogen and oxygen atoms in total. The largest absolute Gasteiger partial charge is 0.454 e. The summed E-state index contributed by atoms with van der Waals surface area (Å²) in [5, 5.41) is 5.67. The fraction of sp³-hybridized carbons (Fsp3) is 0.261. The van der Waals surface area contributed by atoms with Crippen molar-refractivity contribution in [1.82, 2.24) is 19.7 Å². The van der Waals surface area contributed by atoms with Gasteiger partial charge in [-0.1, -0.05) is 31.4 Å². The van der Waals surface area contributed by atoms with E-state index in [1.165, 1.54) is 31.7 Å². The lowest BCUT2D eigenvalue weighted by atomic mass is 9.96. The minimum absolute atomic E-state index is 0.190. The van der Waals surface area contributed by atoms with Crippen LogP contribution in [-0.2, 0) is 0 Å². The molecule has 0 radical (unpaired) electrons. The van der Waals surface area contributed by atoms with Crippen molar-refractivity contribution in [1.29, 1.82) is 0 Å². The molecule has 152 valence electrons. The second-order valence-corrected chi connectivity index (χ2v) is 7.60. The predicted octanol–water partition coefficient (Wildman–Crippen LogP) is 5.51. The molecule has 0 aliphatic heterocycles. The van der Waals surface area contributed by atoms with Crippen molar-refractivity contribution in [2.24, 2.45) is 0 Å². The summed E-state index contributed by atoms with van der Waals surface area (Å²) < 4.78 is 21.5. The number of anilines is 1. The summed E-state index contributed by atoms with van der Waals surface area (Å²) >= 11 is 0. The zero-order valence-corrected chi connectivity index (χ0v) is 16.5. The molecule has 1 aliphatic carbocycles. The Morgan fingerprint density at radius 1 is 0.967 bits per heavy atom. The van der Waals surface area contributed by atoms with Gasteiger partial charge < -0.3 is 10.5 Å². The molecule has 0 atom stereocenters. The van der Waals surface area contributed by atoms with Crippen molar-refractivity contribution in [3.63, 3.8) is 0 Å². The maximum absolute atomic E-state index is 13.9. The Bertz CT molecular complexity index is 1180. The molecular formula is C23H22FN5O. The van der Waals surface area contributed by atoms with Crippen LogP contribution in [0.5, 0.6) is 11.5 Å². The number of rotatable bonds is 4. The zero-order valence-electron chi connectivity index (χ0n) is 16.5. The van der Waals surface area contributed by atoms with Crippen LogP contribution < -0.4 is 10.5 Å². The van der Waals surface area contributed by atoms with E-state index in [9.17, 15) is 4.39 Å². The Hall–Kier alpha value is -3.48. The molecule has 1 aliphatic rings. The van der Waals surface area contributed by atoms with Crippen LogP contribution in [0.3, 0.4) is 0 Å². The summed E-state index contributed by atoms with van der Waals surface area (Å²) in [5.41, 5.74) is 8.63. The third-order valence-electron chi connectivity index (χ3n) is 5.63. The third-order valence-corrected chi connectivity index (χ3v) is 5.63. The molecule has 2 N–H and O–H groups in total. The van der Waals surface area contributed by atoms with Gasteiger partial charge >= 0.3 is 0 Å². The van der Waals surface area contributed by atoms with Gasteiger partial charge in [0.25, 0.3) is 0 Å². The molecule has 2 aromatic carbocycles. The van der Waals surface area contributed by atoms with E-state index in [1.54, 1.807) is 30.3 Å². The molecule has 0 saturated heterocycles. The van der Waals surface area contributed by atoms with Gasteiger partial charge in [0.15, 0.2) is 17.2 Å². The minimum Gasteiger partial charge on any atom is -0.454 e. The Balaban J connectivity index is 1.52. The highest BCUT2D eigenvalue weighted by Gasteiger charge is 2.23. The topological polar surface area (TPSA) is 78.8 Å². The number of hydrogen-bond donors (Lipinski definition) is 1. The number of nitrogen functional groups attached to an aromatic ring is 1. The summed E-state index contributed by atoms with van der Waals surface area (Å²) in [6.07, 6.45) is 7.34. The monoisotopic (exact) mass is 403 g/mol. The first-order valence-electron chi connectivity index (χ1n) is 10.2. The fourth-order valence-electron chi connectivity index (χ4n) is 4.11. The van der Waals surface area contributed by atoms with Crippen molar-refractivity contribution in [2.75, 3.05) is 5.73 Å². The Morgan fingerprint density at radius 3 is 2.50 bits per heavy atom. The van der Waals surface area contributed by atoms with E-state index in [1.807, 2.05) is 16.8 Å². The van der Waals surface area contributed by atoms with Gasteiger partial charge in [0.2, 0.25) is 0 Å². The van der Waals surface area contributed by atoms with Gasteiger partial charge in [-0.05, 0) is 49.2 Å². The van der Waals surface area contributed by atoms with Gasteiger partial charge in [0.05, 0.1) is 11.4 Å². The number of nitrogens with two attached hydrogens (primary N) is 1. The second kappa shape index (κ2) is 7.74. The molecule has 0 spiro atoms. The Morgan fingerprint density at radius 2 is 1.73 bits per heavy atom. The summed E-state index contributed by atoms with van der Waals surface area (Å²) in [6.45, 7) is 0. The number of halogens is 1. The first kappa shape index (κ1) is 18.5. The lowest BCUT2D eigenvalue weighted by Gasteiger charge is -2.22. The van der Waals surface area contributed by atoms with E-state index in [0.29, 0.717) is 17.6 Å². The molecule has 0 unspecified atom stereocenters. The highest BCUT2D eigenvalue weighted by Crippen LogP contribution is 2.36. The van der Waals surface area contributed by atoms with E-state index in [4.69, 9.17) is 15.6 Å².